The minimum Gasteiger partial charge on any atom is -0.300 e. The average molecular weight is 308 g/mol. The van der Waals surface area contributed by atoms with Crippen molar-refractivity contribution in [1.82, 2.24) is 0 Å². The quantitative estimate of drug-likeness (QED) is 0.798. The van der Waals surface area contributed by atoms with E-state index in [0.717, 1.165) is 17.0 Å². The number of ketones is 1. The molecule has 0 aromatic heterocycles. The molecule has 0 saturated heterocycles. The first-order valence-corrected chi connectivity index (χ1v) is 6.45. The number of anilines is 1. The zero-order valence-corrected chi connectivity index (χ0v) is 11.3. The van der Waals surface area contributed by atoms with Gasteiger partial charge in [-0.25, -0.2) is 8.78 Å². The van der Waals surface area contributed by atoms with E-state index >= 15 is 0 Å². The van der Waals surface area contributed by atoms with Gasteiger partial charge in [0.25, 0.3) is 11.7 Å². The van der Waals surface area contributed by atoms with Crippen molar-refractivity contribution in [2.75, 3.05) is 4.90 Å². The largest absolute Gasteiger partial charge is 0.300 e. The summed E-state index contributed by atoms with van der Waals surface area (Å²) >= 11 is 5.63. The van der Waals surface area contributed by atoms with Crippen molar-refractivity contribution in [2.24, 2.45) is 0 Å². The fourth-order valence-electron chi connectivity index (χ4n) is 2.26. The van der Waals surface area contributed by atoms with Gasteiger partial charge in [-0.3, -0.25) is 9.59 Å². The van der Waals surface area contributed by atoms with Crippen LogP contribution in [0.5, 0.6) is 0 Å². The number of rotatable bonds is 2. The average Bonchev–Trinajstić information content (AvgIpc) is 2.65. The van der Waals surface area contributed by atoms with Crippen LogP contribution in [-0.2, 0) is 11.3 Å². The molecule has 1 amide bonds. The molecule has 2 aromatic carbocycles. The number of nitrogens with zero attached hydrogens (tertiary/aromatic N) is 1. The number of fused-ring (bicyclic) bond motifs is 1. The van der Waals surface area contributed by atoms with E-state index in [1.54, 1.807) is 6.07 Å². The Morgan fingerprint density at radius 3 is 2.57 bits per heavy atom. The zero-order valence-electron chi connectivity index (χ0n) is 10.6. The van der Waals surface area contributed by atoms with Crippen LogP contribution < -0.4 is 4.90 Å². The van der Waals surface area contributed by atoms with E-state index in [-0.39, 0.29) is 22.8 Å². The molecular weight excluding hydrogens is 300 g/mol. The van der Waals surface area contributed by atoms with E-state index in [1.165, 1.54) is 18.2 Å². The van der Waals surface area contributed by atoms with Crippen LogP contribution in [0.2, 0.25) is 5.02 Å². The molecule has 0 saturated carbocycles. The SMILES string of the molecule is O=C1C(=O)N(Cc2cccc(F)c2)c2cc(F)c(Cl)cc21. The van der Waals surface area contributed by atoms with Crippen LogP contribution in [0, 0.1) is 11.6 Å². The summed E-state index contributed by atoms with van der Waals surface area (Å²) in [7, 11) is 0. The lowest BCUT2D eigenvalue weighted by molar-refractivity contribution is -0.114. The second-order valence-corrected chi connectivity index (χ2v) is 5.04. The minimum atomic E-state index is -0.782. The number of amides is 1. The van der Waals surface area contributed by atoms with Crippen molar-refractivity contribution in [3.63, 3.8) is 0 Å². The molecule has 1 aliphatic rings. The van der Waals surface area contributed by atoms with Crippen molar-refractivity contribution in [3.8, 4) is 0 Å². The highest BCUT2D eigenvalue weighted by atomic mass is 35.5. The number of hydrogen-bond donors (Lipinski definition) is 0. The molecule has 0 atom stereocenters. The molecule has 0 N–H and O–H groups in total. The van der Waals surface area contributed by atoms with Crippen LogP contribution in [0.1, 0.15) is 15.9 Å². The topological polar surface area (TPSA) is 37.4 Å². The van der Waals surface area contributed by atoms with Crippen LogP contribution in [0.3, 0.4) is 0 Å². The molecule has 0 unspecified atom stereocenters. The fourth-order valence-corrected chi connectivity index (χ4v) is 2.43. The van der Waals surface area contributed by atoms with Gasteiger partial charge < -0.3 is 4.90 Å². The van der Waals surface area contributed by atoms with E-state index in [9.17, 15) is 18.4 Å². The predicted molar refractivity (Wildman–Crippen MR) is 73.3 cm³/mol. The number of carbonyl (C=O) groups excluding carboxylic acids is 2. The van der Waals surface area contributed by atoms with Gasteiger partial charge in [0.1, 0.15) is 11.6 Å². The van der Waals surface area contributed by atoms with E-state index in [2.05, 4.69) is 0 Å². The molecule has 2 aromatic rings. The molecule has 21 heavy (non-hydrogen) atoms. The standard InChI is InChI=1S/C15H8ClF2NO2/c16-11-5-10-13(6-12(11)18)19(15(21)14(10)20)7-8-2-1-3-9(17)4-8/h1-6H,7H2. The first-order chi connectivity index (χ1) is 9.97. The lowest BCUT2D eigenvalue weighted by Gasteiger charge is -2.16. The van der Waals surface area contributed by atoms with Gasteiger partial charge in [0.05, 0.1) is 22.8 Å². The van der Waals surface area contributed by atoms with Gasteiger partial charge in [-0.2, -0.15) is 0 Å². The van der Waals surface area contributed by atoms with Crippen LogP contribution in [-0.4, -0.2) is 11.7 Å². The fraction of sp³-hybridized carbons (Fsp3) is 0.0667. The monoisotopic (exact) mass is 307 g/mol. The van der Waals surface area contributed by atoms with Gasteiger partial charge in [-0.15, -0.1) is 0 Å². The summed E-state index contributed by atoms with van der Waals surface area (Å²) in [6, 6.07) is 7.81. The predicted octanol–water partition coefficient (Wildman–Crippen LogP) is 3.35. The molecule has 1 heterocycles. The summed E-state index contributed by atoms with van der Waals surface area (Å²) in [5, 5.41) is -0.220. The van der Waals surface area contributed by atoms with E-state index < -0.39 is 23.3 Å². The zero-order chi connectivity index (χ0) is 15.1. The van der Waals surface area contributed by atoms with Crippen molar-refractivity contribution in [3.05, 3.63) is 64.2 Å². The normalized spacial score (nSPS) is 13.8. The molecule has 0 bridgehead atoms. The summed E-state index contributed by atoms with van der Waals surface area (Å²) in [4.78, 5) is 25.0. The Hall–Kier alpha value is -2.27. The molecular formula is C15H8ClF2NO2. The smallest absolute Gasteiger partial charge is 0.299 e. The van der Waals surface area contributed by atoms with E-state index in [4.69, 9.17) is 11.6 Å². The first kappa shape index (κ1) is 13.7. The maximum absolute atomic E-state index is 13.6. The van der Waals surface area contributed by atoms with Crippen molar-refractivity contribution >= 4 is 29.0 Å². The summed E-state index contributed by atoms with van der Waals surface area (Å²) in [5.41, 5.74) is 0.707. The molecule has 6 heteroatoms. The van der Waals surface area contributed by atoms with Crippen LogP contribution in [0.15, 0.2) is 36.4 Å². The summed E-state index contributed by atoms with van der Waals surface area (Å²) < 4.78 is 26.7. The summed E-state index contributed by atoms with van der Waals surface area (Å²) in [6.45, 7) is -0.0175. The third-order valence-electron chi connectivity index (χ3n) is 3.24. The molecule has 3 nitrogen and oxygen atoms in total. The second-order valence-electron chi connectivity index (χ2n) is 4.63. The Morgan fingerprint density at radius 2 is 1.86 bits per heavy atom. The van der Waals surface area contributed by atoms with Crippen LogP contribution in [0.4, 0.5) is 14.5 Å². The van der Waals surface area contributed by atoms with Gasteiger partial charge >= 0.3 is 0 Å². The molecule has 3 rings (SSSR count). The Bertz CT molecular complexity index is 776. The summed E-state index contributed by atoms with van der Waals surface area (Å²) in [5.74, 6) is -2.70. The molecule has 0 fully saturated rings. The number of Topliss-reactive ketones (excluding diaryl/α,β-unsaturated/α-hetero) is 1. The number of benzene rings is 2. The summed E-state index contributed by atoms with van der Waals surface area (Å²) in [6.07, 6.45) is 0. The Balaban J connectivity index is 2.03. The van der Waals surface area contributed by atoms with Crippen LogP contribution >= 0.6 is 11.6 Å². The molecule has 0 spiro atoms. The van der Waals surface area contributed by atoms with Gasteiger partial charge in [0.15, 0.2) is 0 Å². The highest BCUT2D eigenvalue weighted by molar-refractivity contribution is 6.52. The molecule has 106 valence electrons. The lowest BCUT2D eigenvalue weighted by Crippen LogP contribution is -2.29. The Labute approximate surface area is 123 Å². The number of halogens is 3. The Morgan fingerprint density at radius 1 is 1.10 bits per heavy atom. The van der Waals surface area contributed by atoms with Crippen molar-refractivity contribution in [2.45, 2.75) is 6.54 Å². The number of hydrogen-bond acceptors (Lipinski definition) is 2. The molecule has 0 radical (unpaired) electrons. The van der Waals surface area contributed by atoms with Crippen molar-refractivity contribution < 1.29 is 18.4 Å². The molecule has 1 aliphatic heterocycles. The third kappa shape index (κ3) is 2.29. The van der Waals surface area contributed by atoms with Crippen LogP contribution in [0.25, 0.3) is 0 Å². The van der Waals surface area contributed by atoms with Gasteiger partial charge in [0, 0.05) is 0 Å². The minimum absolute atomic E-state index is 0.0175. The van der Waals surface area contributed by atoms with E-state index in [1.807, 2.05) is 0 Å². The maximum atomic E-state index is 13.6. The maximum Gasteiger partial charge on any atom is 0.299 e. The van der Waals surface area contributed by atoms with Crippen molar-refractivity contribution in [1.29, 1.82) is 0 Å². The second kappa shape index (κ2) is 4.93. The lowest BCUT2D eigenvalue weighted by atomic mass is 10.1. The van der Waals surface area contributed by atoms with Gasteiger partial charge in [0.2, 0.25) is 0 Å². The first-order valence-electron chi connectivity index (χ1n) is 6.07. The number of carbonyl (C=O) groups is 2. The van der Waals surface area contributed by atoms with Gasteiger partial charge in [-0.1, -0.05) is 23.7 Å². The molecule has 0 aliphatic carbocycles. The highest BCUT2D eigenvalue weighted by Crippen LogP contribution is 2.34. The van der Waals surface area contributed by atoms with E-state index in [0.29, 0.717) is 5.56 Å². The highest BCUT2D eigenvalue weighted by Gasteiger charge is 2.36. The van der Waals surface area contributed by atoms with Gasteiger partial charge in [-0.05, 0) is 29.8 Å². The Kier molecular flexibility index (Phi) is 3.22. The third-order valence-corrected chi connectivity index (χ3v) is 3.53.